The maximum Gasteiger partial charge on any atom is 0.0644 e. The average Bonchev–Trinajstić information content (AvgIpc) is 2.61. The molecule has 3 unspecified atom stereocenters. The zero-order chi connectivity index (χ0) is 14.0. The van der Waals surface area contributed by atoms with Crippen molar-refractivity contribution in [1.29, 1.82) is 0 Å². The maximum atomic E-state index is 4.52. The lowest BCUT2D eigenvalue weighted by atomic mass is 9.82. The van der Waals surface area contributed by atoms with Gasteiger partial charge in [0.05, 0.1) is 5.69 Å². The second-order valence-electron chi connectivity index (χ2n) is 6.48. The minimum Gasteiger partial charge on any atom is -0.310 e. The molecule has 1 aromatic rings. The Hall–Kier alpha value is -0.830. The van der Waals surface area contributed by atoms with Gasteiger partial charge in [-0.2, -0.15) is 5.10 Å². The van der Waals surface area contributed by atoms with Gasteiger partial charge in [0.25, 0.3) is 0 Å². The first kappa shape index (κ1) is 14.6. The molecule has 0 spiro atoms. The number of hydrogen-bond acceptors (Lipinski definition) is 2. The lowest BCUT2D eigenvalue weighted by molar-refractivity contribution is 0.268. The summed E-state index contributed by atoms with van der Waals surface area (Å²) >= 11 is 0. The number of aromatic nitrogens is 2. The second-order valence-corrected chi connectivity index (χ2v) is 6.48. The predicted octanol–water partition coefficient (Wildman–Crippen LogP) is 3.51. The summed E-state index contributed by atoms with van der Waals surface area (Å²) < 4.78 is 1.99. The summed E-state index contributed by atoms with van der Waals surface area (Å²) in [7, 11) is 2.03. The molecule has 1 aromatic heterocycles. The highest BCUT2D eigenvalue weighted by molar-refractivity contribution is 5.27. The summed E-state index contributed by atoms with van der Waals surface area (Å²) in [6.07, 6.45) is 5.62. The summed E-state index contributed by atoms with van der Waals surface area (Å²) in [5.41, 5.74) is 3.83. The quantitative estimate of drug-likeness (QED) is 0.901. The second kappa shape index (κ2) is 6.08. The average molecular weight is 263 g/mol. The van der Waals surface area contributed by atoms with E-state index in [4.69, 9.17) is 0 Å². The van der Waals surface area contributed by atoms with Crippen molar-refractivity contribution < 1.29 is 0 Å². The van der Waals surface area contributed by atoms with Gasteiger partial charge in [0.2, 0.25) is 0 Å². The van der Waals surface area contributed by atoms with E-state index in [0.717, 1.165) is 24.1 Å². The van der Waals surface area contributed by atoms with Crippen LogP contribution >= 0.6 is 0 Å². The summed E-state index contributed by atoms with van der Waals surface area (Å²) in [6.45, 7) is 10.1. The normalized spacial score (nSPS) is 25.5. The monoisotopic (exact) mass is 263 g/mol. The van der Waals surface area contributed by atoms with Crippen LogP contribution in [-0.4, -0.2) is 16.3 Å². The fraction of sp³-hybridized carbons (Fsp3) is 0.812. The van der Waals surface area contributed by atoms with Crippen LogP contribution in [0.4, 0.5) is 0 Å². The van der Waals surface area contributed by atoms with Crippen molar-refractivity contribution in [2.45, 2.75) is 59.4 Å². The molecule has 1 aliphatic carbocycles. The highest BCUT2D eigenvalue weighted by atomic mass is 15.3. The van der Waals surface area contributed by atoms with Gasteiger partial charge in [-0.15, -0.1) is 0 Å². The molecule has 108 valence electrons. The van der Waals surface area contributed by atoms with Gasteiger partial charge in [-0.25, -0.2) is 0 Å². The number of nitrogens with one attached hydrogen (secondary N) is 1. The zero-order valence-electron chi connectivity index (χ0n) is 13.2. The fourth-order valence-electron chi connectivity index (χ4n) is 3.61. The molecule has 3 heteroatoms. The molecule has 0 aromatic carbocycles. The molecular formula is C16H29N3. The van der Waals surface area contributed by atoms with Gasteiger partial charge in [-0.1, -0.05) is 19.8 Å². The van der Waals surface area contributed by atoms with Crippen molar-refractivity contribution in [1.82, 2.24) is 15.1 Å². The molecule has 3 nitrogen and oxygen atoms in total. The Bertz CT molecular complexity index is 422. The third-order valence-electron chi connectivity index (χ3n) is 4.76. The Morgan fingerprint density at radius 1 is 1.37 bits per heavy atom. The zero-order valence-corrected chi connectivity index (χ0v) is 13.2. The molecule has 1 aliphatic rings. The molecule has 2 rings (SSSR count). The van der Waals surface area contributed by atoms with Gasteiger partial charge < -0.3 is 5.32 Å². The van der Waals surface area contributed by atoms with E-state index in [9.17, 15) is 0 Å². The molecule has 0 amide bonds. The molecule has 1 N–H and O–H groups in total. The predicted molar refractivity (Wildman–Crippen MR) is 80.2 cm³/mol. The third-order valence-corrected chi connectivity index (χ3v) is 4.76. The van der Waals surface area contributed by atoms with Gasteiger partial charge in [-0.3, -0.25) is 4.68 Å². The van der Waals surface area contributed by atoms with Crippen LogP contribution in [0.1, 0.15) is 62.5 Å². The van der Waals surface area contributed by atoms with Gasteiger partial charge >= 0.3 is 0 Å². The largest absolute Gasteiger partial charge is 0.310 e. The lowest BCUT2D eigenvalue weighted by Crippen LogP contribution is -2.29. The van der Waals surface area contributed by atoms with E-state index in [0.29, 0.717) is 6.04 Å². The number of rotatable bonds is 4. The van der Waals surface area contributed by atoms with E-state index < -0.39 is 0 Å². The van der Waals surface area contributed by atoms with Crippen molar-refractivity contribution in [3.8, 4) is 0 Å². The first-order valence-electron chi connectivity index (χ1n) is 7.72. The number of aryl methyl sites for hydroxylation is 2. The molecule has 3 atom stereocenters. The van der Waals surface area contributed by atoms with E-state index in [1.54, 1.807) is 0 Å². The van der Waals surface area contributed by atoms with E-state index in [-0.39, 0.29) is 0 Å². The van der Waals surface area contributed by atoms with E-state index >= 15 is 0 Å². The molecule has 0 bridgehead atoms. The summed E-state index contributed by atoms with van der Waals surface area (Å²) in [5.74, 6) is 1.78. The Morgan fingerprint density at radius 3 is 2.68 bits per heavy atom. The topological polar surface area (TPSA) is 29.9 Å². The van der Waals surface area contributed by atoms with Gasteiger partial charge in [0, 0.05) is 24.3 Å². The first-order chi connectivity index (χ1) is 8.99. The molecule has 1 heterocycles. The third kappa shape index (κ3) is 3.38. The minimum atomic E-state index is 0.408. The van der Waals surface area contributed by atoms with Crippen LogP contribution in [-0.2, 0) is 7.05 Å². The van der Waals surface area contributed by atoms with Crippen molar-refractivity contribution in [2.24, 2.45) is 18.9 Å². The Balaban J connectivity index is 1.92. The van der Waals surface area contributed by atoms with Crippen LogP contribution < -0.4 is 5.32 Å². The number of hydrogen-bond donors (Lipinski definition) is 1. The van der Waals surface area contributed by atoms with E-state index in [2.05, 4.69) is 38.1 Å². The van der Waals surface area contributed by atoms with Gasteiger partial charge in [0.1, 0.15) is 0 Å². The van der Waals surface area contributed by atoms with Crippen LogP contribution in [0.2, 0.25) is 0 Å². The van der Waals surface area contributed by atoms with Crippen LogP contribution in [0, 0.1) is 25.7 Å². The maximum absolute atomic E-state index is 4.52. The Kier molecular flexibility index (Phi) is 4.67. The highest BCUT2D eigenvalue weighted by Crippen LogP contribution is 2.29. The number of nitrogens with zero attached hydrogens (tertiary/aromatic N) is 2. The Morgan fingerprint density at radius 2 is 2.11 bits per heavy atom. The van der Waals surface area contributed by atoms with Crippen molar-refractivity contribution in [3.63, 3.8) is 0 Å². The van der Waals surface area contributed by atoms with Crippen molar-refractivity contribution in [2.75, 3.05) is 6.54 Å². The molecular weight excluding hydrogens is 234 g/mol. The molecule has 0 saturated heterocycles. The van der Waals surface area contributed by atoms with Crippen LogP contribution in [0.5, 0.6) is 0 Å². The van der Waals surface area contributed by atoms with Crippen LogP contribution in [0.3, 0.4) is 0 Å². The van der Waals surface area contributed by atoms with Gasteiger partial charge in [-0.05, 0) is 52.0 Å². The fourth-order valence-corrected chi connectivity index (χ4v) is 3.61. The highest BCUT2D eigenvalue weighted by Gasteiger charge is 2.21. The molecule has 0 radical (unpaired) electrons. The molecule has 1 fully saturated rings. The first-order valence-corrected chi connectivity index (χ1v) is 7.72. The molecule has 0 aliphatic heterocycles. The SMILES string of the molecule is Cc1nn(C)c(C)c1C(C)NCC1CCCC(C)C1. The molecule has 1 saturated carbocycles. The van der Waals surface area contributed by atoms with E-state index in [1.165, 1.54) is 36.9 Å². The summed E-state index contributed by atoms with van der Waals surface area (Å²) in [6, 6.07) is 0.408. The standard InChI is InChI=1S/C16H29N3/c1-11-7-6-8-15(9-11)10-17-12(2)16-13(3)18-19(5)14(16)4/h11-12,15,17H,6-10H2,1-5H3. The summed E-state index contributed by atoms with van der Waals surface area (Å²) in [5, 5.41) is 8.25. The van der Waals surface area contributed by atoms with Crippen LogP contribution in [0.25, 0.3) is 0 Å². The van der Waals surface area contributed by atoms with Crippen molar-refractivity contribution >= 4 is 0 Å². The van der Waals surface area contributed by atoms with Gasteiger partial charge in [0.15, 0.2) is 0 Å². The van der Waals surface area contributed by atoms with Crippen molar-refractivity contribution in [3.05, 3.63) is 17.0 Å². The lowest BCUT2D eigenvalue weighted by Gasteiger charge is -2.28. The smallest absolute Gasteiger partial charge is 0.0644 e. The Labute approximate surface area is 117 Å². The summed E-state index contributed by atoms with van der Waals surface area (Å²) in [4.78, 5) is 0. The van der Waals surface area contributed by atoms with Crippen LogP contribution in [0.15, 0.2) is 0 Å². The minimum absolute atomic E-state index is 0.408. The van der Waals surface area contributed by atoms with E-state index in [1.807, 2.05) is 11.7 Å². The molecule has 19 heavy (non-hydrogen) atoms.